The number of hydrogen-bond acceptors (Lipinski definition) is 10. The molecule has 0 unspecified atom stereocenters. The highest BCUT2D eigenvalue weighted by molar-refractivity contribution is 6.48. The van der Waals surface area contributed by atoms with E-state index in [0.717, 1.165) is 0 Å². The minimum Gasteiger partial charge on any atom is -0.460 e. The molecular weight excluding hydrogens is 591 g/mol. The van der Waals surface area contributed by atoms with Crippen molar-refractivity contribution >= 4 is 57.7 Å². The number of esters is 1. The van der Waals surface area contributed by atoms with Crippen LogP contribution in [0.15, 0.2) is 18.2 Å². The first kappa shape index (κ1) is 30.6. The molecule has 40 heavy (non-hydrogen) atoms. The zero-order valence-electron chi connectivity index (χ0n) is 21.8. The van der Waals surface area contributed by atoms with Crippen LogP contribution in [-0.4, -0.2) is 74.7 Å². The highest BCUT2D eigenvalue weighted by Crippen LogP contribution is 2.48. The summed E-state index contributed by atoms with van der Waals surface area (Å²) in [6.45, 7) is 5.46. The minimum absolute atomic E-state index is 0.0391. The summed E-state index contributed by atoms with van der Waals surface area (Å²) in [5, 5.41) is 0.256. The van der Waals surface area contributed by atoms with Crippen molar-refractivity contribution in [3.63, 3.8) is 0 Å². The third kappa shape index (κ3) is 6.59. The zero-order chi connectivity index (χ0) is 28.6. The van der Waals surface area contributed by atoms with E-state index in [1.807, 2.05) is 13.8 Å². The third-order valence-electron chi connectivity index (χ3n) is 5.74. The lowest BCUT2D eigenvalue weighted by molar-refractivity contribution is -0.309. The second-order valence-electron chi connectivity index (χ2n) is 8.21. The second kappa shape index (κ2) is 14.5. The van der Waals surface area contributed by atoms with E-state index in [9.17, 15) is 9.59 Å². The summed E-state index contributed by atoms with van der Waals surface area (Å²) in [5.41, 5.74) is 1.79. The van der Waals surface area contributed by atoms with E-state index in [1.54, 1.807) is 12.1 Å². The Morgan fingerprint density at radius 3 is 2.25 bits per heavy atom. The molecule has 0 saturated carbocycles. The summed E-state index contributed by atoms with van der Waals surface area (Å²) in [4.78, 5) is 41.0. The Morgan fingerprint density at radius 1 is 0.850 bits per heavy atom. The summed E-state index contributed by atoms with van der Waals surface area (Å²) >= 11 is 19.8. The molecule has 1 aliphatic rings. The SMILES string of the molecule is CCOCOCCOOCc1c(Cl)c(Cl)c2c(c1Cl)C(=O)n1c-2nc2ccc(C(=O)OCCOCOCC)cc21. The van der Waals surface area contributed by atoms with Gasteiger partial charge in [-0.05, 0) is 32.0 Å². The maximum atomic E-state index is 13.6. The summed E-state index contributed by atoms with van der Waals surface area (Å²) in [7, 11) is 0. The molecule has 0 bridgehead atoms. The van der Waals surface area contributed by atoms with E-state index in [2.05, 4.69) is 4.98 Å². The topological polar surface area (TPSA) is 117 Å². The molecule has 4 rings (SSSR count). The zero-order valence-corrected chi connectivity index (χ0v) is 24.1. The number of imidazole rings is 1. The molecule has 0 atom stereocenters. The Bertz CT molecular complexity index is 1380. The van der Waals surface area contributed by atoms with Crippen LogP contribution in [0.4, 0.5) is 0 Å². The van der Waals surface area contributed by atoms with Crippen molar-refractivity contribution in [3.8, 4) is 11.4 Å². The predicted molar refractivity (Wildman–Crippen MR) is 146 cm³/mol. The summed E-state index contributed by atoms with van der Waals surface area (Å²) in [6, 6.07) is 4.70. The van der Waals surface area contributed by atoms with Crippen molar-refractivity contribution in [1.82, 2.24) is 9.55 Å². The molecule has 2 heterocycles. The monoisotopic (exact) mass is 616 g/mol. The van der Waals surface area contributed by atoms with Crippen molar-refractivity contribution in [3.05, 3.63) is 50.0 Å². The molecule has 2 aromatic carbocycles. The largest absolute Gasteiger partial charge is 0.460 e. The maximum Gasteiger partial charge on any atom is 0.338 e. The van der Waals surface area contributed by atoms with Crippen LogP contribution in [0.2, 0.25) is 15.1 Å². The summed E-state index contributed by atoms with van der Waals surface area (Å²) < 4.78 is 27.1. The van der Waals surface area contributed by atoms with Crippen LogP contribution in [0.25, 0.3) is 22.4 Å². The number of halogens is 3. The summed E-state index contributed by atoms with van der Waals surface area (Å²) in [5.74, 6) is -0.798. The molecule has 0 N–H and O–H groups in total. The molecule has 0 saturated heterocycles. The smallest absolute Gasteiger partial charge is 0.338 e. The van der Waals surface area contributed by atoms with Gasteiger partial charge in [0, 0.05) is 18.8 Å². The molecule has 0 fully saturated rings. The second-order valence-corrected chi connectivity index (χ2v) is 9.34. The third-order valence-corrected chi connectivity index (χ3v) is 7.05. The molecule has 3 aromatic rings. The van der Waals surface area contributed by atoms with Gasteiger partial charge in [-0.2, -0.15) is 0 Å². The van der Waals surface area contributed by atoms with E-state index in [4.69, 9.17) is 68.3 Å². The average Bonchev–Trinajstić information content (AvgIpc) is 3.46. The van der Waals surface area contributed by atoms with E-state index in [-0.39, 0.29) is 84.2 Å². The minimum atomic E-state index is -0.581. The van der Waals surface area contributed by atoms with Gasteiger partial charge in [0.05, 0.1) is 56.0 Å². The first-order chi connectivity index (χ1) is 19.4. The first-order valence-corrected chi connectivity index (χ1v) is 13.5. The number of carbonyl (C=O) groups is 2. The van der Waals surface area contributed by atoms with Crippen LogP contribution < -0.4 is 0 Å². The number of aromatic nitrogens is 2. The van der Waals surface area contributed by atoms with Crippen molar-refractivity contribution in [2.45, 2.75) is 20.5 Å². The molecular formula is C26H27Cl3N2O9. The number of rotatable bonds is 16. The lowest BCUT2D eigenvalue weighted by atomic mass is 10.0. The Hall–Kier alpha value is -2.32. The van der Waals surface area contributed by atoms with E-state index >= 15 is 0 Å². The van der Waals surface area contributed by atoms with Crippen LogP contribution >= 0.6 is 34.8 Å². The molecule has 0 radical (unpaired) electrons. The Kier molecular flexibility index (Phi) is 11.1. The molecule has 216 valence electrons. The highest BCUT2D eigenvalue weighted by Gasteiger charge is 2.37. The van der Waals surface area contributed by atoms with E-state index < -0.39 is 11.9 Å². The molecule has 1 aliphatic heterocycles. The molecule has 1 aromatic heterocycles. The van der Waals surface area contributed by atoms with E-state index in [1.165, 1.54) is 10.6 Å². The van der Waals surface area contributed by atoms with Crippen molar-refractivity contribution < 1.29 is 43.0 Å². The number of carbonyl (C=O) groups excluding carboxylic acids is 2. The summed E-state index contributed by atoms with van der Waals surface area (Å²) in [6.07, 6.45) is 0. The number of hydrogen-bond donors (Lipinski definition) is 0. The lowest BCUT2D eigenvalue weighted by Crippen LogP contribution is -2.12. The standard InChI is InChI=1S/C26H27Cl3N2O9/c1-3-34-13-36-7-9-38-26(33)15-5-6-17-18(11-15)31-24(30-17)19-20(25(31)32)21(27)16(22(28)23(19)29)12-40-39-10-8-37-14-35-4-2/h5-6,11H,3-4,7-10,12-14H2,1-2H3. The van der Waals surface area contributed by atoms with Crippen LogP contribution in [0.3, 0.4) is 0 Å². The normalized spacial score (nSPS) is 12.3. The number of fused-ring (bicyclic) bond motifs is 5. The van der Waals surface area contributed by atoms with Gasteiger partial charge >= 0.3 is 5.97 Å². The number of nitrogens with zero attached hydrogens (tertiary/aromatic N) is 2. The average molecular weight is 618 g/mol. The lowest BCUT2D eigenvalue weighted by Gasteiger charge is -2.13. The van der Waals surface area contributed by atoms with Gasteiger partial charge in [-0.3, -0.25) is 9.36 Å². The fourth-order valence-corrected chi connectivity index (χ4v) is 4.77. The van der Waals surface area contributed by atoms with Gasteiger partial charge in [-0.25, -0.2) is 19.6 Å². The van der Waals surface area contributed by atoms with Gasteiger partial charge in [0.15, 0.2) is 5.82 Å². The molecule has 0 spiro atoms. The van der Waals surface area contributed by atoms with Gasteiger partial charge in [0.2, 0.25) is 0 Å². The number of benzene rings is 2. The van der Waals surface area contributed by atoms with Crippen molar-refractivity contribution in [2.75, 3.05) is 53.2 Å². The number of ether oxygens (including phenoxy) is 5. The van der Waals surface area contributed by atoms with Crippen molar-refractivity contribution in [1.29, 1.82) is 0 Å². The highest BCUT2D eigenvalue weighted by atomic mass is 35.5. The maximum absolute atomic E-state index is 13.6. The van der Waals surface area contributed by atoms with Gasteiger partial charge in [-0.1, -0.05) is 34.8 Å². The van der Waals surface area contributed by atoms with Crippen LogP contribution in [0, 0.1) is 0 Å². The fourth-order valence-electron chi connectivity index (χ4n) is 3.87. The van der Waals surface area contributed by atoms with Crippen LogP contribution in [-0.2, 0) is 40.1 Å². The quantitative estimate of drug-likeness (QED) is 0.0410. The van der Waals surface area contributed by atoms with E-state index in [0.29, 0.717) is 29.8 Å². The molecule has 0 amide bonds. The van der Waals surface area contributed by atoms with Gasteiger partial charge in [0.25, 0.3) is 5.91 Å². The first-order valence-electron chi connectivity index (χ1n) is 12.4. The molecule has 14 heteroatoms. The Labute approximate surface area is 245 Å². The van der Waals surface area contributed by atoms with Gasteiger partial charge in [-0.15, -0.1) is 0 Å². The van der Waals surface area contributed by atoms with Crippen molar-refractivity contribution in [2.24, 2.45) is 0 Å². The van der Waals surface area contributed by atoms with Crippen LogP contribution in [0.1, 0.15) is 40.1 Å². The fraction of sp³-hybridized carbons (Fsp3) is 0.423. The Morgan fingerprint density at radius 2 is 1.55 bits per heavy atom. The molecule has 0 aliphatic carbocycles. The Balaban J connectivity index is 1.50. The predicted octanol–water partition coefficient (Wildman–Crippen LogP) is 5.29. The van der Waals surface area contributed by atoms with Crippen LogP contribution in [0.5, 0.6) is 0 Å². The molecule has 11 nitrogen and oxygen atoms in total. The van der Waals surface area contributed by atoms with Gasteiger partial charge < -0.3 is 23.7 Å². The van der Waals surface area contributed by atoms with Gasteiger partial charge in [0.1, 0.15) is 33.4 Å².